The van der Waals surface area contributed by atoms with Gasteiger partial charge in [0.2, 0.25) is 0 Å². The van der Waals surface area contributed by atoms with Crippen LogP contribution < -0.4 is 5.73 Å². The van der Waals surface area contributed by atoms with E-state index in [1.54, 1.807) is 22.7 Å². The minimum atomic E-state index is 0. The summed E-state index contributed by atoms with van der Waals surface area (Å²) in [6.45, 7) is 2.96. The molecule has 0 spiro atoms. The molecule has 0 amide bonds. The molecule has 0 bridgehead atoms. The molecule has 3 rings (SSSR count). The Morgan fingerprint density at radius 3 is 3.00 bits per heavy atom. The Balaban J connectivity index is 0.00000161. The highest BCUT2D eigenvalue weighted by Crippen LogP contribution is 2.27. The van der Waals surface area contributed by atoms with Gasteiger partial charge >= 0.3 is 0 Å². The molecule has 6 heteroatoms. The Hall–Kier alpha value is -0.460. The number of thiophene rings is 1. The van der Waals surface area contributed by atoms with Gasteiger partial charge in [0.05, 0.1) is 5.69 Å². The number of thiazole rings is 1. The van der Waals surface area contributed by atoms with Crippen molar-refractivity contribution in [1.82, 2.24) is 9.88 Å². The molecule has 2 aromatic rings. The Kier molecular flexibility index (Phi) is 6.64. The van der Waals surface area contributed by atoms with Crippen molar-refractivity contribution >= 4 is 35.1 Å². The Labute approximate surface area is 140 Å². The quantitative estimate of drug-likeness (QED) is 0.892. The summed E-state index contributed by atoms with van der Waals surface area (Å²) in [5.74, 6) is 0. The molecule has 3 heterocycles. The average Bonchev–Trinajstić information content (AvgIpc) is 3.12. The highest BCUT2D eigenvalue weighted by atomic mass is 35.5. The van der Waals surface area contributed by atoms with E-state index in [-0.39, 0.29) is 12.4 Å². The van der Waals surface area contributed by atoms with Gasteiger partial charge in [0.1, 0.15) is 5.01 Å². The zero-order chi connectivity index (χ0) is 13.8. The standard InChI is InChI=1S/C15H21N3S2.ClH/c16-6-4-14-3-1-2-7-18(14)9-13-11-20-15(17-13)12-5-8-19-10-12;/h5,8,10-11,14H,1-4,6-7,9,16H2;1H. The molecule has 2 N–H and O–H groups in total. The molecule has 3 nitrogen and oxygen atoms in total. The third-order valence-corrected chi connectivity index (χ3v) is 5.56. The highest BCUT2D eigenvalue weighted by molar-refractivity contribution is 7.14. The van der Waals surface area contributed by atoms with Gasteiger partial charge in [-0.2, -0.15) is 11.3 Å². The lowest BCUT2D eigenvalue weighted by molar-refractivity contribution is 0.132. The fourth-order valence-electron chi connectivity index (χ4n) is 2.89. The summed E-state index contributed by atoms with van der Waals surface area (Å²) in [5, 5.41) is 7.63. The van der Waals surface area contributed by atoms with E-state index in [2.05, 4.69) is 27.1 Å². The maximum Gasteiger partial charge on any atom is 0.124 e. The van der Waals surface area contributed by atoms with Crippen LogP contribution in [-0.2, 0) is 6.54 Å². The number of likely N-dealkylation sites (tertiary alicyclic amines) is 1. The van der Waals surface area contributed by atoms with Crippen LogP contribution in [0.1, 0.15) is 31.4 Å². The van der Waals surface area contributed by atoms with E-state index < -0.39 is 0 Å². The van der Waals surface area contributed by atoms with Gasteiger partial charge < -0.3 is 5.73 Å². The summed E-state index contributed by atoms with van der Waals surface area (Å²) < 4.78 is 0. The Morgan fingerprint density at radius 2 is 2.24 bits per heavy atom. The van der Waals surface area contributed by atoms with Crippen LogP contribution in [0.5, 0.6) is 0 Å². The van der Waals surface area contributed by atoms with Crippen LogP contribution in [0.4, 0.5) is 0 Å². The van der Waals surface area contributed by atoms with Gasteiger partial charge in [-0.1, -0.05) is 6.42 Å². The van der Waals surface area contributed by atoms with Crippen LogP contribution in [0.3, 0.4) is 0 Å². The van der Waals surface area contributed by atoms with Crippen molar-refractivity contribution in [2.45, 2.75) is 38.3 Å². The SMILES string of the molecule is Cl.NCCC1CCCCN1Cc1csc(-c2ccsc2)n1. The maximum absolute atomic E-state index is 5.74. The largest absolute Gasteiger partial charge is 0.330 e. The number of rotatable bonds is 5. The van der Waals surface area contributed by atoms with E-state index in [1.165, 1.54) is 37.1 Å². The Morgan fingerprint density at radius 1 is 1.33 bits per heavy atom. The van der Waals surface area contributed by atoms with E-state index in [0.717, 1.165) is 24.5 Å². The van der Waals surface area contributed by atoms with E-state index in [0.29, 0.717) is 6.04 Å². The van der Waals surface area contributed by atoms with E-state index in [4.69, 9.17) is 10.7 Å². The van der Waals surface area contributed by atoms with Gasteiger partial charge in [0.25, 0.3) is 0 Å². The van der Waals surface area contributed by atoms with Crippen LogP contribution >= 0.6 is 35.1 Å². The van der Waals surface area contributed by atoms with Crippen LogP contribution in [0.25, 0.3) is 10.6 Å². The zero-order valence-corrected chi connectivity index (χ0v) is 14.5. The fourth-order valence-corrected chi connectivity index (χ4v) is 4.42. The number of halogens is 1. The van der Waals surface area contributed by atoms with Gasteiger partial charge in [0.15, 0.2) is 0 Å². The average molecular weight is 344 g/mol. The number of hydrogen-bond acceptors (Lipinski definition) is 5. The molecule has 1 aliphatic rings. The predicted molar refractivity (Wildman–Crippen MR) is 94.4 cm³/mol. The lowest BCUT2D eigenvalue weighted by Gasteiger charge is -2.35. The molecule has 0 radical (unpaired) electrons. The summed E-state index contributed by atoms with van der Waals surface area (Å²) >= 11 is 3.48. The number of aromatic nitrogens is 1. The van der Waals surface area contributed by atoms with Crippen molar-refractivity contribution in [3.8, 4) is 10.6 Å². The minimum Gasteiger partial charge on any atom is -0.330 e. The molecule has 0 saturated carbocycles. The molecular weight excluding hydrogens is 322 g/mol. The molecule has 0 aliphatic carbocycles. The number of hydrogen-bond donors (Lipinski definition) is 1. The topological polar surface area (TPSA) is 42.1 Å². The van der Waals surface area contributed by atoms with Crippen LogP contribution in [0.2, 0.25) is 0 Å². The maximum atomic E-state index is 5.74. The van der Waals surface area contributed by atoms with Crippen molar-refractivity contribution < 1.29 is 0 Å². The third kappa shape index (κ3) is 4.27. The van der Waals surface area contributed by atoms with E-state index >= 15 is 0 Å². The molecule has 1 atom stereocenters. The van der Waals surface area contributed by atoms with Crippen LogP contribution in [0, 0.1) is 0 Å². The second-order valence-electron chi connectivity index (χ2n) is 5.35. The van der Waals surface area contributed by atoms with E-state index in [1.807, 2.05) is 0 Å². The zero-order valence-electron chi connectivity index (χ0n) is 12.0. The smallest absolute Gasteiger partial charge is 0.124 e. The van der Waals surface area contributed by atoms with Crippen molar-refractivity contribution in [3.05, 3.63) is 27.9 Å². The first-order valence-electron chi connectivity index (χ1n) is 7.28. The first kappa shape index (κ1) is 16.9. The fraction of sp³-hybridized carbons (Fsp3) is 0.533. The molecule has 1 aliphatic heterocycles. The monoisotopic (exact) mass is 343 g/mol. The van der Waals surface area contributed by atoms with Gasteiger partial charge in [0, 0.05) is 28.9 Å². The van der Waals surface area contributed by atoms with Crippen molar-refractivity contribution in [3.63, 3.8) is 0 Å². The predicted octanol–water partition coefficient (Wildman–Crippen LogP) is 4.00. The summed E-state index contributed by atoms with van der Waals surface area (Å²) in [4.78, 5) is 7.37. The second kappa shape index (κ2) is 8.25. The minimum absolute atomic E-state index is 0. The molecular formula is C15H22ClN3S2. The van der Waals surface area contributed by atoms with Crippen molar-refractivity contribution in [2.75, 3.05) is 13.1 Å². The van der Waals surface area contributed by atoms with Crippen molar-refractivity contribution in [2.24, 2.45) is 5.73 Å². The molecule has 0 aromatic carbocycles. The Bertz CT molecular complexity index is 525. The van der Waals surface area contributed by atoms with Crippen LogP contribution in [0.15, 0.2) is 22.2 Å². The summed E-state index contributed by atoms with van der Waals surface area (Å²) in [5.41, 5.74) is 8.21. The van der Waals surface area contributed by atoms with Crippen LogP contribution in [-0.4, -0.2) is 29.0 Å². The molecule has 1 saturated heterocycles. The number of nitrogens with two attached hydrogens (primary N) is 1. The van der Waals surface area contributed by atoms with E-state index in [9.17, 15) is 0 Å². The summed E-state index contributed by atoms with van der Waals surface area (Å²) in [7, 11) is 0. The summed E-state index contributed by atoms with van der Waals surface area (Å²) in [6, 6.07) is 2.80. The lowest BCUT2D eigenvalue weighted by atomic mass is 9.99. The highest BCUT2D eigenvalue weighted by Gasteiger charge is 2.22. The lowest BCUT2D eigenvalue weighted by Crippen LogP contribution is -2.40. The first-order chi connectivity index (χ1) is 9.86. The molecule has 21 heavy (non-hydrogen) atoms. The molecule has 116 valence electrons. The molecule has 1 fully saturated rings. The molecule has 2 aromatic heterocycles. The first-order valence-corrected chi connectivity index (χ1v) is 9.10. The van der Waals surface area contributed by atoms with Gasteiger partial charge in [-0.25, -0.2) is 4.98 Å². The normalized spacial score (nSPS) is 19.4. The van der Waals surface area contributed by atoms with Gasteiger partial charge in [-0.15, -0.1) is 23.7 Å². The summed E-state index contributed by atoms with van der Waals surface area (Å²) in [6.07, 6.45) is 5.06. The van der Waals surface area contributed by atoms with Crippen molar-refractivity contribution in [1.29, 1.82) is 0 Å². The number of nitrogens with zero attached hydrogens (tertiary/aromatic N) is 2. The van der Waals surface area contributed by atoms with Gasteiger partial charge in [-0.05, 0) is 43.8 Å². The number of piperidine rings is 1. The third-order valence-electron chi connectivity index (χ3n) is 3.93. The molecule has 1 unspecified atom stereocenters. The van der Waals surface area contributed by atoms with Gasteiger partial charge in [-0.3, -0.25) is 4.90 Å². The second-order valence-corrected chi connectivity index (χ2v) is 6.99.